The van der Waals surface area contributed by atoms with E-state index in [2.05, 4.69) is 15.9 Å². The SMILES string of the molecule is NCCCOc1sccc1Br. The number of halogens is 1. The van der Waals surface area contributed by atoms with E-state index in [9.17, 15) is 0 Å². The van der Waals surface area contributed by atoms with E-state index in [0.717, 1.165) is 16.0 Å². The standard InChI is InChI=1S/C7H10BrNOS/c8-6-2-5-11-7(6)10-4-1-3-9/h2,5H,1,3-4,9H2. The van der Waals surface area contributed by atoms with Crippen molar-refractivity contribution in [2.75, 3.05) is 13.2 Å². The second-order valence-electron chi connectivity index (χ2n) is 2.05. The molecule has 0 spiro atoms. The molecule has 0 bridgehead atoms. The molecular formula is C7H10BrNOS. The summed E-state index contributed by atoms with van der Waals surface area (Å²) in [7, 11) is 0. The Balaban J connectivity index is 2.32. The molecule has 0 fully saturated rings. The Morgan fingerprint density at radius 1 is 1.64 bits per heavy atom. The van der Waals surface area contributed by atoms with Crippen LogP contribution in [0.3, 0.4) is 0 Å². The van der Waals surface area contributed by atoms with E-state index in [0.29, 0.717) is 13.2 Å². The molecule has 0 aliphatic carbocycles. The third-order valence-corrected chi connectivity index (χ3v) is 2.88. The summed E-state index contributed by atoms with van der Waals surface area (Å²) in [5, 5.41) is 2.93. The summed E-state index contributed by atoms with van der Waals surface area (Å²) in [5.41, 5.74) is 5.32. The molecule has 0 aliphatic rings. The first-order chi connectivity index (χ1) is 5.34. The Hall–Kier alpha value is -0.0600. The first-order valence-electron chi connectivity index (χ1n) is 3.40. The van der Waals surface area contributed by atoms with Crippen LogP contribution in [0.25, 0.3) is 0 Å². The predicted molar refractivity (Wildman–Crippen MR) is 51.2 cm³/mol. The van der Waals surface area contributed by atoms with Crippen LogP contribution in [0.4, 0.5) is 0 Å². The highest BCUT2D eigenvalue weighted by atomic mass is 79.9. The molecule has 1 rings (SSSR count). The van der Waals surface area contributed by atoms with E-state index < -0.39 is 0 Å². The van der Waals surface area contributed by atoms with E-state index in [1.165, 1.54) is 0 Å². The normalized spacial score (nSPS) is 10.0. The number of nitrogens with two attached hydrogens (primary N) is 1. The van der Waals surface area contributed by atoms with Crippen LogP contribution in [0.15, 0.2) is 15.9 Å². The summed E-state index contributed by atoms with van der Waals surface area (Å²) < 4.78 is 6.44. The van der Waals surface area contributed by atoms with Crippen molar-refractivity contribution in [1.82, 2.24) is 0 Å². The molecule has 62 valence electrons. The molecule has 0 saturated heterocycles. The first kappa shape index (κ1) is 9.03. The van der Waals surface area contributed by atoms with Crippen LogP contribution < -0.4 is 10.5 Å². The highest BCUT2D eigenvalue weighted by Crippen LogP contribution is 2.30. The quantitative estimate of drug-likeness (QED) is 0.813. The van der Waals surface area contributed by atoms with Gasteiger partial charge in [0.05, 0.1) is 11.1 Å². The Morgan fingerprint density at radius 3 is 3.00 bits per heavy atom. The maximum atomic E-state index is 5.41. The second-order valence-corrected chi connectivity index (χ2v) is 3.78. The summed E-state index contributed by atoms with van der Waals surface area (Å²) in [6.07, 6.45) is 0.907. The van der Waals surface area contributed by atoms with Crippen molar-refractivity contribution in [2.45, 2.75) is 6.42 Å². The van der Waals surface area contributed by atoms with Crippen molar-refractivity contribution in [3.8, 4) is 5.06 Å². The molecule has 11 heavy (non-hydrogen) atoms. The van der Waals surface area contributed by atoms with Crippen LogP contribution in [-0.4, -0.2) is 13.2 Å². The molecule has 1 aromatic rings. The summed E-state index contributed by atoms with van der Waals surface area (Å²) in [4.78, 5) is 0. The molecule has 1 heterocycles. The molecular weight excluding hydrogens is 226 g/mol. The molecule has 1 aromatic heterocycles. The zero-order valence-electron chi connectivity index (χ0n) is 6.05. The van der Waals surface area contributed by atoms with Crippen molar-refractivity contribution in [1.29, 1.82) is 0 Å². The molecule has 4 heteroatoms. The van der Waals surface area contributed by atoms with Gasteiger partial charge in [0.25, 0.3) is 0 Å². The van der Waals surface area contributed by atoms with E-state index in [1.807, 2.05) is 11.4 Å². The summed E-state index contributed by atoms with van der Waals surface area (Å²) >= 11 is 4.96. The van der Waals surface area contributed by atoms with Gasteiger partial charge < -0.3 is 10.5 Å². The lowest BCUT2D eigenvalue weighted by molar-refractivity contribution is 0.321. The summed E-state index contributed by atoms with van der Waals surface area (Å²) in [6.45, 7) is 1.39. The van der Waals surface area contributed by atoms with Crippen LogP contribution in [0.5, 0.6) is 5.06 Å². The molecule has 0 aliphatic heterocycles. The topological polar surface area (TPSA) is 35.2 Å². The smallest absolute Gasteiger partial charge is 0.188 e. The number of hydrogen-bond donors (Lipinski definition) is 1. The van der Waals surface area contributed by atoms with Gasteiger partial charge in [-0.2, -0.15) is 0 Å². The maximum Gasteiger partial charge on any atom is 0.188 e. The third-order valence-electron chi connectivity index (χ3n) is 1.17. The van der Waals surface area contributed by atoms with Gasteiger partial charge in [-0.15, -0.1) is 11.3 Å². The number of hydrogen-bond acceptors (Lipinski definition) is 3. The molecule has 0 unspecified atom stereocenters. The van der Waals surface area contributed by atoms with Gasteiger partial charge >= 0.3 is 0 Å². The lowest BCUT2D eigenvalue weighted by Crippen LogP contribution is -2.05. The van der Waals surface area contributed by atoms with Crippen molar-refractivity contribution < 1.29 is 4.74 Å². The van der Waals surface area contributed by atoms with Gasteiger partial charge in [-0.3, -0.25) is 0 Å². The number of thiophene rings is 1. The van der Waals surface area contributed by atoms with Crippen molar-refractivity contribution >= 4 is 27.3 Å². The Morgan fingerprint density at radius 2 is 2.45 bits per heavy atom. The fourth-order valence-electron chi connectivity index (χ4n) is 0.631. The number of rotatable bonds is 4. The fourth-order valence-corrected chi connectivity index (χ4v) is 1.99. The van der Waals surface area contributed by atoms with E-state index in [-0.39, 0.29) is 0 Å². The molecule has 0 saturated carbocycles. The van der Waals surface area contributed by atoms with E-state index in [1.54, 1.807) is 11.3 Å². The minimum atomic E-state index is 0.684. The van der Waals surface area contributed by atoms with Gasteiger partial charge in [-0.25, -0.2) is 0 Å². The fraction of sp³-hybridized carbons (Fsp3) is 0.429. The average Bonchev–Trinajstić information content (AvgIpc) is 2.37. The van der Waals surface area contributed by atoms with Gasteiger partial charge in [0.15, 0.2) is 5.06 Å². The van der Waals surface area contributed by atoms with E-state index in [4.69, 9.17) is 10.5 Å². The van der Waals surface area contributed by atoms with Gasteiger partial charge in [0.2, 0.25) is 0 Å². The monoisotopic (exact) mass is 235 g/mol. The first-order valence-corrected chi connectivity index (χ1v) is 5.07. The molecule has 0 radical (unpaired) electrons. The number of ether oxygens (including phenoxy) is 1. The van der Waals surface area contributed by atoms with Crippen LogP contribution in [0.1, 0.15) is 6.42 Å². The van der Waals surface area contributed by atoms with Gasteiger partial charge in [-0.1, -0.05) is 0 Å². The van der Waals surface area contributed by atoms with Crippen LogP contribution in [-0.2, 0) is 0 Å². The average molecular weight is 236 g/mol. The van der Waals surface area contributed by atoms with Crippen molar-refractivity contribution in [3.05, 3.63) is 15.9 Å². The molecule has 0 atom stereocenters. The molecule has 0 aromatic carbocycles. The van der Waals surface area contributed by atoms with Crippen molar-refractivity contribution in [2.24, 2.45) is 5.73 Å². The highest BCUT2D eigenvalue weighted by molar-refractivity contribution is 9.10. The minimum Gasteiger partial charge on any atom is -0.483 e. The van der Waals surface area contributed by atoms with Crippen LogP contribution in [0, 0.1) is 0 Å². The molecule has 2 nitrogen and oxygen atoms in total. The van der Waals surface area contributed by atoms with Crippen molar-refractivity contribution in [3.63, 3.8) is 0 Å². The third kappa shape index (κ3) is 2.81. The molecule has 0 amide bonds. The van der Waals surface area contributed by atoms with Crippen LogP contribution >= 0.6 is 27.3 Å². The summed E-state index contributed by atoms with van der Waals surface area (Å²) in [6, 6.07) is 1.97. The largest absolute Gasteiger partial charge is 0.483 e. The minimum absolute atomic E-state index is 0.684. The molecule has 2 N–H and O–H groups in total. The van der Waals surface area contributed by atoms with Crippen LogP contribution in [0.2, 0.25) is 0 Å². The Kier molecular flexibility index (Phi) is 3.90. The Labute approximate surface area is 78.5 Å². The maximum absolute atomic E-state index is 5.41. The lowest BCUT2D eigenvalue weighted by atomic mass is 10.5. The van der Waals surface area contributed by atoms with Gasteiger partial charge in [-0.05, 0) is 40.3 Å². The van der Waals surface area contributed by atoms with Gasteiger partial charge in [0, 0.05) is 0 Å². The van der Waals surface area contributed by atoms with E-state index >= 15 is 0 Å². The predicted octanol–water partition coefficient (Wildman–Crippen LogP) is 2.24. The Bertz CT molecular complexity index is 214. The highest BCUT2D eigenvalue weighted by Gasteiger charge is 1.99. The second kappa shape index (κ2) is 4.74. The van der Waals surface area contributed by atoms with Gasteiger partial charge in [0.1, 0.15) is 0 Å². The zero-order chi connectivity index (χ0) is 8.10. The zero-order valence-corrected chi connectivity index (χ0v) is 8.45. The lowest BCUT2D eigenvalue weighted by Gasteiger charge is -2.01. The summed E-state index contributed by atoms with van der Waals surface area (Å²) in [5.74, 6) is 0.